The summed E-state index contributed by atoms with van der Waals surface area (Å²) in [5, 5.41) is 5.27. The number of fused-ring (bicyclic) bond motifs is 1. The van der Waals surface area contributed by atoms with E-state index in [1.807, 2.05) is 6.92 Å². The largest absolute Gasteiger partial charge is 0.430 e. The van der Waals surface area contributed by atoms with Gasteiger partial charge in [0.15, 0.2) is 0 Å². The number of rotatable bonds is 2. The molecule has 0 amide bonds. The summed E-state index contributed by atoms with van der Waals surface area (Å²) in [6.07, 6.45) is -4.60. The van der Waals surface area contributed by atoms with Crippen LogP contribution < -0.4 is 10.6 Å². The van der Waals surface area contributed by atoms with Gasteiger partial charge in [-0.3, -0.25) is 0 Å². The summed E-state index contributed by atoms with van der Waals surface area (Å²) in [6, 6.07) is 13.9. The topological polar surface area (TPSA) is 24.1 Å². The Balaban J connectivity index is 1.98. The van der Waals surface area contributed by atoms with Crippen LogP contribution in [-0.2, 0) is 6.42 Å². The predicted octanol–water partition coefficient (Wildman–Crippen LogP) is 4.33. The van der Waals surface area contributed by atoms with Crippen LogP contribution in [0.5, 0.6) is 0 Å². The van der Waals surface area contributed by atoms with Gasteiger partial charge in [0, 0.05) is 6.42 Å². The van der Waals surface area contributed by atoms with Crippen molar-refractivity contribution >= 4 is 11.4 Å². The first-order valence-corrected chi connectivity index (χ1v) is 6.67. The van der Waals surface area contributed by atoms with E-state index in [2.05, 4.69) is 10.6 Å². The van der Waals surface area contributed by atoms with Crippen LogP contribution >= 0.6 is 0 Å². The lowest BCUT2D eigenvalue weighted by Crippen LogP contribution is -2.56. The number of halogens is 3. The van der Waals surface area contributed by atoms with Crippen molar-refractivity contribution in [2.24, 2.45) is 0 Å². The first-order chi connectivity index (χ1) is 9.90. The van der Waals surface area contributed by atoms with E-state index < -0.39 is 11.8 Å². The first-order valence-electron chi connectivity index (χ1n) is 6.67. The maximum absolute atomic E-state index is 13.6. The Morgan fingerprint density at radius 1 is 0.952 bits per heavy atom. The van der Waals surface area contributed by atoms with Crippen molar-refractivity contribution in [1.29, 1.82) is 0 Å². The molecule has 0 radical (unpaired) electrons. The standard InChI is InChI=1S/C16H15F3N2/c1-11-7-8-13-14(9-11)21-15(20-13,16(17,18)19)10-12-5-3-2-4-6-12/h2-9,20-21H,10H2,1H3. The van der Waals surface area contributed by atoms with Crippen LogP contribution in [0, 0.1) is 6.92 Å². The fraction of sp³-hybridized carbons (Fsp3) is 0.250. The van der Waals surface area contributed by atoms with Gasteiger partial charge in [0.25, 0.3) is 0 Å². The fourth-order valence-electron chi connectivity index (χ4n) is 2.59. The van der Waals surface area contributed by atoms with Crippen LogP contribution in [-0.4, -0.2) is 11.8 Å². The molecule has 21 heavy (non-hydrogen) atoms. The summed E-state index contributed by atoms with van der Waals surface area (Å²) in [6.45, 7) is 1.85. The van der Waals surface area contributed by atoms with Crippen LogP contribution in [0.25, 0.3) is 0 Å². The van der Waals surface area contributed by atoms with Crippen molar-refractivity contribution in [2.45, 2.75) is 25.2 Å². The molecular formula is C16H15F3N2. The molecule has 1 aliphatic heterocycles. The molecule has 0 bridgehead atoms. The number of alkyl halides is 3. The summed E-state index contributed by atoms with van der Waals surface area (Å²) >= 11 is 0. The Bertz CT molecular complexity index is 652. The molecule has 1 atom stereocenters. The number of anilines is 2. The smallest absolute Gasteiger partial charge is 0.353 e. The second-order valence-corrected chi connectivity index (χ2v) is 5.36. The molecule has 110 valence electrons. The highest BCUT2D eigenvalue weighted by molar-refractivity contribution is 5.77. The molecule has 1 heterocycles. The van der Waals surface area contributed by atoms with Gasteiger partial charge >= 0.3 is 6.18 Å². The Labute approximate surface area is 121 Å². The summed E-state index contributed by atoms with van der Waals surface area (Å²) < 4.78 is 40.9. The highest BCUT2D eigenvalue weighted by Gasteiger charge is 2.58. The van der Waals surface area contributed by atoms with E-state index in [4.69, 9.17) is 0 Å². The van der Waals surface area contributed by atoms with Gasteiger partial charge in [0.1, 0.15) is 0 Å². The van der Waals surface area contributed by atoms with Gasteiger partial charge in [-0.25, -0.2) is 0 Å². The molecule has 3 rings (SSSR count). The van der Waals surface area contributed by atoms with Crippen molar-refractivity contribution in [3.8, 4) is 0 Å². The van der Waals surface area contributed by atoms with E-state index in [1.54, 1.807) is 48.5 Å². The van der Waals surface area contributed by atoms with E-state index in [0.29, 0.717) is 16.9 Å². The van der Waals surface area contributed by atoms with Crippen molar-refractivity contribution in [1.82, 2.24) is 0 Å². The van der Waals surface area contributed by atoms with Crippen LogP contribution in [0.15, 0.2) is 48.5 Å². The van der Waals surface area contributed by atoms with Crippen molar-refractivity contribution < 1.29 is 13.2 Å². The minimum Gasteiger partial charge on any atom is -0.353 e. The fourth-order valence-corrected chi connectivity index (χ4v) is 2.59. The Kier molecular flexibility index (Phi) is 3.08. The third-order valence-corrected chi connectivity index (χ3v) is 3.67. The van der Waals surface area contributed by atoms with Gasteiger partial charge < -0.3 is 10.6 Å². The van der Waals surface area contributed by atoms with Gasteiger partial charge in [-0.2, -0.15) is 13.2 Å². The number of nitrogens with one attached hydrogen (secondary N) is 2. The maximum atomic E-state index is 13.6. The van der Waals surface area contributed by atoms with E-state index in [0.717, 1.165) is 5.56 Å². The molecule has 0 saturated heterocycles. The monoisotopic (exact) mass is 292 g/mol. The minimum atomic E-state index is -4.42. The van der Waals surface area contributed by atoms with Gasteiger partial charge in [0.05, 0.1) is 11.4 Å². The average Bonchev–Trinajstić information content (AvgIpc) is 2.78. The number of benzene rings is 2. The molecule has 2 aromatic carbocycles. The molecule has 2 nitrogen and oxygen atoms in total. The minimum absolute atomic E-state index is 0.176. The second kappa shape index (κ2) is 4.69. The third kappa shape index (κ3) is 2.44. The number of aryl methyl sites for hydroxylation is 1. The lowest BCUT2D eigenvalue weighted by molar-refractivity contribution is -0.169. The maximum Gasteiger partial charge on any atom is 0.430 e. The van der Waals surface area contributed by atoms with Crippen molar-refractivity contribution in [3.63, 3.8) is 0 Å². The number of hydrogen-bond donors (Lipinski definition) is 2. The quantitative estimate of drug-likeness (QED) is 0.860. The highest BCUT2D eigenvalue weighted by atomic mass is 19.4. The zero-order valence-corrected chi connectivity index (χ0v) is 11.5. The van der Waals surface area contributed by atoms with Gasteiger partial charge in [-0.05, 0) is 30.2 Å². The van der Waals surface area contributed by atoms with Crippen molar-refractivity contribution in [3.05, 3.63) is 59.7 Å². The summed E-state index contributed by atoms with van der Waals surface area (Å²) in [4.78, 5) is 0. The Hall–Kier alpha value is -2.17. The molecule has 0 fully saturated rings. The van der Waals surface area contributed by atoms with Crippen LogP contribution in [0.4, 0.5) is 24.5 Å². The zero-order chi connectivity index (χ0) is 15.1. The lowest BCUT2D eigenvalue weighted by atomic mass is 9.99. The van der Waals surface area contributed by atoms with E-state index in [9.17, 15) is 13.2 Å². The van der Waals surface area contributed by atoms with E-state index in [-0.39, 0.29) is 6.42 Å². The van der Waals surface area contributed by atoms with Crippen LogP contribution in [0.2, 0.25) is 0 Å². The van der Waals surface area contributed by atoms with Crippen LogP contribution in [0.3, 0.4) is 0 Å². The normalized spacial score (nSPS) is 20.6. The molecule has 1 aliphatic rings. The van der Waals surface area contributed by atoms with E-state index >= 15 is 0 Å². The van der Waals surface area contributed by atoms with Gasteiger partial charge in [0.2, 0.25) is 5.66 Å². The highest BCUT2D eigenvalue weighted by Crippen LogP contribution is 2.44. The summed E-state index contributed by atoms with van der Waals surface area (Å²) in [5.41, 5.74) is 0.349. The molecule has 2 N–H and O–H groups in total. The van der Waals surface area contributed by atoms with Crippen LogP contribution in [0.1, 0.15) is 11.1 Å². The Morgan fingerprint density at radius 2 is 1.62 bits per heavy atom. The third-order valence-electron chi connectivity index (χ3n) is 3.67. The molecule has 0 spiro atoms. The van der Waals surface area contributed by atoms with Gasteiger partial charge in [-0.1, -0.05) is 36.4 Å². The van der Waals surface area contributed by atoms with Gasteiger partial charge in [-0.15, -0.1) is 0 Å². The Morgan fingerprint density at radius 3 is 2.29 bits per heavy atom. The second-order valence-electron chi connectivity index (χ2n) is 5.36. The number of hydrogen-bond acceptors (Lipinski definition) is 2. The molecular weight excluding hydrogens is 277 g/mol. The molecule has 1 unspecified atom stereocenters. The predicted molar refractivity (Wildman–Crippen MR) is 77.4 cm³/mol. The lowest BCUT2D eigenvalue weighted by Gasteiger charge is -2.33. The molecule has 2 aromatic rings. The zero-order valence-electron chi connectivity index (χ0n) is 11.5. The molecule has 0 aliphatic carbocycles. The average molecular weight is 292 g/mol. The van der Waals surface area contributed by atoms with Crippen molar-refractivity contribution in [2.75, 3.05) is 10.6 Å². The summed E-state index contributed by atoms with van der Waals surface area (Å²) in [5.74, 6) is 0. The SMILES string of the molecule is Cc1ccc2c(c1)NC(Cc1ccccc1)(C(F)(F)F)N2. The first kappa shape index (κ1) is 13.8. The summed E-state index contributed by atoms with van der Waals surface area (Å²) in [7, 11) is 0. The van der Waals surface area contributed by atoms with E-state index in [1.165, 1.54) is 0 Å². The molecule has 5 heteroatoms. The molecule has 0 saturated carbocycles. The molecule has 0 aromatic heterocycles.